The fourth-order valence-corrected chi connectivity index (χ4v) is 1.31. The number of hydrogen-bond donors (Lipinski definition) is 2. The molecule has 0 aromatic rings. The van der Waals surface area contributed by atoms with Gasteiger partial charge in [-0.2, -0.15) is 0 Å². The van der Waals surface area contributed by atoms with E-state index in [4.69, 9.17) is 10.2 Å². The Morgan fingerprint density at radius 1 is 0.625 bits per heavy atom. The lowest BCUT2D eigenvalue weighted by atomic mass is 10.3. The predicted molar refractivity (Wildman–Crippen MR) is 57.9 cm³/mol. The van der Waals surface area contributed by atoms with Crippen molar-refractivity contribution in [2.24, 2.45) is 0 Å². The summed E-state index contributed by atoms with van der Waals surface area (Å²) in [5.41, 5.74) is 0. The maximum absolute atomic E-state index is 8.87. The minimum atomic E-state index is 0. The molecule has 4 nitrogen and oxygen atoms in total. The van der Waals surface area contributed by atoms with Crippen LogP contribution in [0.4, 0.5) is 0 Å². The molecule has 16 heavy (non-hydrogen) atoms. The Labute approximate surface area is 112 Å². The number of hydrogen-bond acceptors (Lipinski definition) is 2. The largest absolute Gasteiger partial charge is 1.00 e. The van der Waals surface area contributed by atoms with Crippen LogP contribution in [0.1, 0.15) is 0 Å². The van der Waals surface area contributed by atoms with Crippen LogP contribution in [0.25, 0.3) is 0 Å². The molecule has 102 valence electrons. The summed E-state index contributed by atoms with van der Waals surface area (Å²) in [4.78, 5) is 0. The topological polar surface area (TPSA) is 40.5 Å². The maximum Gasteiger partial charge on any atom is 0.128 e. The minimum Gasteiger partial charge on any atom is -1.00 e. The summed E-state index contributed by atoms with van der Waals surface area (Å²) in [6.07, 6.45) is 0. The van der Waals surface area contributed by atoms with E-state index in [1.165, 1.54) is 0 Å². The van der Waals surface area contributed by atoms with Crippen molar-refractivity contribution in [2.75, 3.05) is 67.6 Å². The molecule has 0 aliphatic rings. The van der Waals surface area contributed by atoms with Gasteiger partial charge >= 0.3 is 0 Å². The fourth-order valence-electron chi connectivity index (χ4n) is 1.31. The summed E-state index contributed by atoms with van der Waals surface area (Å²) >= 11 is 0. The summed E-state index contributed by atoms with van der Waals surface area (Å²) in [6.45, 7) is 4.10. The summed E-state index contributed by atoms with van der Waals surface area (Å²) in [6, 6.07) is 0. The van der Waals surface area contributed by atoms with Gasteiger partial charge in [0.2, 0.25) is 0 Å². The smallest absolute Gasteiger partial charge is 0.128 e. The van der Waals surface area contributed by atoms with Gasteiger partial charge in [0.15, 0.2) is 0 Å². The van der Waals surface area contributed by atoms with E-state index in [0.717, 1.165) is 35.1 Å². The molecule has 0 heterocycles. The molecule has 0 fully saturated rings. The van der Waals surface area contributed by atoms with Crippen molar-refractivity contribution in [1.29, 1.82) is 0 Å². The van der Waals surface area contributed by atoms with E-state index in [1.54, 1.807) is 0 Å². The van der Waals surface area contributed by atoms with Gasteiger partial charge in [0.05, 0.1) is 41.4 Å². The molecule has 0 unspecified atom stereocenters. The van der Waals surface area contributed by atoms with Crippen molar-refractivity contribution in [3.05, 3.63) is 0 Å². The summed E-state index contributed by atoms with van der Waals surface area (Å²) in [5.74, 6) is 0. The Balaban J connectivity index is -0.000000845. The highest BCUT2D eigenvalue weighted by atomic mass is 35.5. The van der Waals surface area contributed by atoms with Crippen LogP contribution in [0.2, 0.25) is 0 Å². The molecule has 0 aromatic heterocycles. The third-order valence-corrected chi connectivity index (χ3v) is 2.72. The Morgan fingerprint density at radius 2 is 0.875 bits per heavy atom. The Hall–Kier alpha value is 0.420. The van der Waals surface area contributed by atoms with E-state index in [-0.39, 0.29) is 38.0 Å². The van der Waals surface area contributed by atoms with E-state index >= 15 is 0 Å². The Morgan fingerprint density at radius 3 is 1.06 bits per heavy atom. The van der Waals surface area contributed by atoms with Crippen LogP contribution in [-0.2, 0) is 0 Å². The summed E-state index contributed by atoms with van der Waals surface area (Å²) in [5, 5.41) is 17.7. The van der Waals surface area contributed by atoms with E-state index in [1.807, 2.05) is 0 Å². The van der Waals surface area contributed by atoms with Crippen LogP contribution in [0.5, 0.6) is 0 Å². The first kappa shape index (κ1) is 21.7. The lowest BCUT2D eigenvalue weighted by Crippen LogP contribution is -3.00. The highest BCUT2D eigenvalue weighted by Crippen LogP contribution is 2.01. The first-order chi connectivity index (χ1) is 6.33. The summed E-state index contributed by atoms with van der Waals surface area (Å²) < 4.78 is 1.67. The monoisotopic (exact) mass is 276 g/mol. The number of halogens is 2. The van der Waals surface area contributed by atoms with Crippen LogP contribution in [0.3, 0.4) is 0 Å². The predicted octanol–water partition coefficient (Wildman–Crippen LogP) is -6.87. The third-order valence-electron chi connectivity index (χ3n) is 2.72. The molecule has 0 spiro atoms. The first-order valence-electron chi connectivity index (χ1n) is 5.19. The molecule has 0 aliphatic carbocycles. The second kappa shape index (κ2) is 9.45. The molecule has 0 bridgehead atoms. The zero-order valence-corrected chi connectivity index (χ0v) is 12.3. The molecule has 0 amide bonds. The number of likely N-dealkylation sites (N-methyl/N-ethyl adjacent to an activating group) is 2. The lowest BCUT2D eigenvalue weighted by Gasteiger charge is -2.35. The third kappa shape index (κ3) is 10.9. The lowest BCUT2D eigenvalue weighted by molar-refractivity contribution is -0.946. The number of rotatable bonds is 7. The van der Waals surface area contributed by atoms with Gasteiger partial charge in [-0.05, 0) is 0 Å². The molecule has 0 atom stereocenters. The second-order valence-corrected chi connectivity index (χ2v) is 5.21. The van der Waals surface area contributed by atoms with E-state index in [9.17, 15) is 0 Å². The highest BCUT2D eigenvalue weighted by molar-refractivity contribution is 4.36. The van der Waals surface area contributed by atoms with Crippen LogP contribution in [0.15, 0.2) is 0 Å². The van der Waals surface area contributed by atoms with E-state index in [2.05, 4.69) is 28.2 Å². The van der Waals surface area contributed by atoms with Crippen molar-refractivity contribution < 1.29 is 44.0 Å². The van der Waals surface area contributed by atoms with Gasteiger partial charge in [-0.3, -0.25) is 0 Å². The van der Waals surface area contributed by atoms with Crippen molar-refractivity contribution in [2.45, 2.75) is 0 Å². The van der Waals surface area contributed by atoms with Crippen LogP contribution < -0.4 is 24.8 Å². The van der Waals surface area contributed by atoms with Gasteiger partial charge in [-0.1, -0.05) is 0 Å². The van der Waals surface area contributed by atoms with Gasteiger partial charge in [0.25, 0.3) is 0 Å². The highest BCUT2D eigenvalue weighted by Gasteiger charge is 2.21. The molecule has 0 radical (unpaired) electrons. The second-order valence-electron chi connectivity index (χ2n) is 5.21. The normalized spacial score (nSPS) is 11.6. The molecular formula is C10H26Cl2N2O2. The van der Waals surface area contributed by atoms with Gasteiger partial charge < -0.3 is 44.0 Å². The average Bonchev–Trinajstić information content (AvgIpc) is 2.01. The molecule has 6 heteroatoms. The van der Waals surface area contributed by atoms with Crippen LogP contribution in [-0.4, -0.2) is 86.8 Å². The number of nitrogens with zero attached hydrogens (tertiary/aromatic N) is 2. The Bertz CT molecular complexity index is 149. The molecular weight excluding hydrogens is 251 g/mol. The van der Waals surface area contributed by atoms with Crippen molar-refractivity contribution >= 4 is 0 Å². The van der Waals surface area contributed by atoms with Crippen LogP contribution >= 0.6 is 0 Å². The molecule has 2 N–H and O–H groups in total. The molecule has 0 saturated heterocycles. The summed E-state index contributed by atoms with van der Waals surface area (Å²) in [7, 11) is 8.48. The quantitative estimate of drug-likeness (QED) is 0.454. The zero-order chi connectivity index (χ0) is 11.2. The number of aliphatic hydroxyl groups is 2. The number of quaternary nitrogens is 2. The maximum atomic E-state index is 8.87. The molecule has 0 aliphatic heterocycles. The van der Waals surface area contributed by atoms with Gasteiger partial charge in [-0.15, -0.1) is 0 Å². The van der Waals surface area contributed by atoms with Crippen molar-refractivity contribution in [1.82, 2.24) is 0 Å². The van der Waals surface area contributed by atoms with Crippen molar-refractivity contribution in [3.63, 3.8) is 0 Å². The van der Waals surface area contributed by atoms with Gasteiger partial charge in [0.1, 0.15) is 26.2 Å². The Kier molecular flexibility index (Phi) is 12.8. The van der Waals surface area contributed by atoms with E-state index in [0.29, 0.717) is 0 Å². The molecule has 0 saturated carbocycles. The first-order valence-corrected chi connectivity index (χ1v) is 5.19. The van der Waals surface area contributed by atoms with Gasteiger partial charge in [0, 0.05) is 0 Å². The standard InChI is InChI=1S/C10H26N2O2.2ClH/c1-11(2,7-9-13)5-6-12(3,4)8-10-14;;/h13-14H,5-10H2,1-4H3;2*1H/q+2;;/p-2. The van der Waals surface area contributed by atoms with Crippen LogP contribution in [0, 0.1) is 0 Å². The van der Waals surface area contributed by atoms with Gasteiger partial charge in [-0.25, -0.2) is 0 Å². The molecule has 0 rings (SSSR count). The SMILES string of the molecule is C[N+](C)(CCO)CC[N+](C)(C)CCO.[Cl-].[Cl-]. The number of aliphatic hydroxyl groups excluding tert-OH is 2. The van der Waals surface area contributed by atoms with E-state index < -0.39 is 0 Å². The minimum absolute atomic E-state index is 0. The average molecular weight is 277 g/mol. The van der Waals surface area contributed by atoms with Crippen molar-refractivity contribution in [3.8, 4) is 0 Å². The molecule has 0 aromatic carbocycles. The fraction of sp³-hybridized carbons (Fsp3) is 1.00. The zero-order valence-electron chi connectivity index (χ0n) is 10.8.